The molecule has 17 heavy (non-hydrogen) atoms. The smallest absolute Gasteiger partial charge is 0.0431 e. The summed E-state index contributed by atoms with van der Waals surface area (Å²) in [5.74, 6) is 0. The van der Waals surface area contributed by atoms with Gasteiger partial charge in [0.1, 0.15) is 0 Å². The first-order chi connectivity index (χ1) is 7.81. The number of nitrogens with two attached hydrogens (primary N) is 1. The molecule has 0 saturated carbocycles. The average molecular weight is 252 g/mol. The molecular weight excluding hydrogens is 234 g/mol. The second kappa shape index (κ2) is 6.60. The number of aliphatic hydroxyl groups excluding tert-OH is 1. The van der Waals surface area contributed by atoms with Crippen LogP contribution < -0.4 is 5.73 Å². The summed E-state index contributed by atoms with van der Waals surface area (Å²) in [6.07, 6.45) is 1.59. The standard InChI is InChI=1S/C14H17NO.ClH/c15-14(6-3-9-16)13-8-7-11-4-1-2-5-12(11)10-13;/h1-2,4-5,7-8,10,14,16H,3,6,9,15H2;1H/t14-;/m0./s1. The summed E-state index contributed by atoms with van der Waals surface area (Å²) in [5, 5.41) is 11.2. The van der Waals surface area contributed by atoms with Crippen molar-refractivity contribution in [2.75, 3.05) is 6.61 Å². The van der Waals surface area contributed by atoms with Crippen molar-refractivity contribution in [1.29, 1.82) is 0 Å². The number of halogens is 1. The topological polar surface area (TPSA) is 46.2 Å². The van der Waals surface area contributed by atoms with Gasteiger partial charge in [0.2, 0.25) is 0 Å². The summed E-state index contributed by atoms with van der Waals surface area (Å²) in [4.78, 5) is 0. The number of aliphatic hydroxyl groups is 1. The van der Waals surface area contributed by atoms with E-state index in [1.165, 1.54) is 10.8 Å². The third-order valence-electron chi connectivity index (χ3n) is 2.87. The van der Waals surface area contributed by atoms with Gasteiger partial charge in [-0.1, -0.05) is 36.4 Å². The number of benzene rings is 2. The van der Waals surface area contributed by atoms with Gasteiger partial charge in [0.15, 0.2) is 0 Å². The molecule has 0 aromatic heterocycles. The zero-order valence-corrected chi connectivity index (χ0v) is 10.5. The number of fused-ring (bicyclic) bond motifs is 1. The molecule has 0 fully saturated rings. The molecule has 0 bridgehead atoms. The van der Waals surface area contributed by atoms with E-state index in [2.05, 4.69) is 30.3 Å². The lowest BCUT2D eigenvalue weighted by molar-refractivity contribution is 0.280. The molecule has 0 radical (unpaired) electrons. The molecular formula is C14H18ClNO. The Hall–Kier alpha value is -1.09. The van der Waals surface area contributed by atoms with E-state index in [4.69, 9.17) is 10.8 Å². The SMILES string of the molecule is Cl.N[C@@H](CCCO)c1ccc2ccccc2c1. The van der Waals surface area contributed by atoms with Gasteiger partial charge in [-0.2, -0.15) is 0 Å². The first-order valence-electron chi connectivity index (χ1n) is 5.66. The number of rotatable bonds is 4. The van der Waals surface area contributed by atoms with Crippen LogP contribution in [0.25, 0.3) is 10.8 Å². The Balaban J connectivity index is 0.00000144. The van der Waals surface area contributed by atoms with E-state index in [-0.39, 0.29) is 25.1 Å². The highest BCUT2D eigenvalue weighted by Gasteiger charge is 2.05. The van der Waals surface area contributed by atoms with Crippen LogP contribution in [0, 0.1) is 0 Å². The van der Waals surface area contributed by atoms with Crippen LogP contribution in [0.5, 0.6) is 0 Å². The summed E-state index contributed by atoms with van der Waals surface area (Å²) in [6, 6.07) is 14.6. The Morgan fingerprint density at radius 1 is 1.06 bits per heavy atom. The molecule has 92 valence electrons. The number of hydrogen-bond acceptors (Lipinski definition) is 2. The zero-order chi connectivity index (χ0) is 11.4. The van der Waals surface area contributed by atoms with Crippen LogP contribution in [0.2, 0.25) is 0 Å². The molecule has 0 aliphatic carbocycles. The minimum atomic E-state index is 0. The first kappa shape index (κ1) is 14.0. The van der Waals surface area contributed by atoms with Crippen molar-refractivity contribution in [1.82, 2.24) is 0 Å². The Labute approximate surface area is 108 Å². The van der Waals surface area contributed by atoms with E-state index >= 15 is 0 Å². The first-order valence-corrected chi connectivity index (χ1v) is 5.66. The van der Waals surface area contributed by atoms with E-state index in [9.17, 15) is 0 Å². The Bertz CT molecular complexity index is 472. The van der Waals surface area contributed by atoms with Gasteiger partial charge in [0.25, 0.3) is 0 Å². The molecule has 2 rings (SSSR count). The van der Waals surface area contributed by atoms with E-state index < -0.39 is 0 Å². The fourth-order valence-corrected chi connectivity index (χ4v) is 1.92. The van der Waals surface area contributed by atoms with Gasteiger partial charge in [0, 0.05) is 12.6 Å². The monoisotopic (exact) mass is 251 g/mol. The van der Waals surface area contributed by atoms with Crippen molar-refractivity contribution >= 4 is 23.2 Å². The lowest BCUT2D eigenvalue weighted by Crippen LogP contribution is -2.10. The van der Waals surface area contributed by atoms with E-state index in [1.807, 2.05) is 12.1 Å². The minimum Gasteiger partial charge on any atom is -0.396 e. The van der Waals surface area contributed by atoms with Crippen LogP contribution in [-0.4, -0.2) is 11.7 Å². The molecule has 1 atom stereocenters. The second-order valence-electron chi connectivity index (χ2n) is 4.08. The van der Waals surface area contributed by atoms with E-state index in [1.54, 1.807) is 0 Å². The van der Waals surface area contributed by atoms with E-state index in [0.29, 0.717) is 0 Å². The van der Waals surface area contributed by atoms with Gasteiger partial charge < -0.3 is 10.8 Å². The highest BCUT2D eigenvalue weighted by molar-refractivity contribution is 5.85. The van der Waals surface area contributed by atoms with Crippen LogP contribution in [0.3, 0.4) is 0 Å². The Morgan fingerprint density at radius 3 is 2.47 bits per heavy atom. The summed E-state index contributed by atoms with van der Waals surface area (Å²) >= 11 is 0. The molecule has 0 aliphatic heterocycles. The molecule has 2 aromatic carbocycles. The number of hydrogen-bond donors (Lipinski definition) is 2. The Morgan fingerprint density at radius 2 is 1.76 bits per heavy atom. The Kier molecular flexibility index (Phi) is 5.42. The normalized spacial score (nSPS) is 12.1. The molecule has 0 heterocycles. The van der Waals surface area contributed by atoms with Gasteiger partial charge >= 0.3 is 0 Å². The van der Waals surface area contributed by atoms with Crippen LogP contribution in [0.15, 0.2) is 42.5 Å². The third kappa shape index (κ3) is 3.43. The van der Waals surface area contributed by atoms with Crippen LogP contribution in [0.4, 0.5) is 0 Å². The molecule has 0 aliphatic rings. The van der Waals surface area contributed by atoms with Gasteiger partial charge in [0.05, 0.1) is 0 Å². The van der Waals surface area contributed by atoms with Crippen LogP contribution in [-0.2, 0) is 0 Å². The fourth-order valence-electron chi connectivity index (χ4n) is 1.92. The van der Waals surface area contributed by atoms with Gasteiger partial charge in [-0.15, -0.1) is 12.4 Å². The molecule has 0 unspecified atom stereocenters. The van der Waals surface area contributed by atoms with Gasteiger partial charge in [-0.3, -0.25) is 0 Å². The molecule has 3 heteroatoms. The lowest BCUT2D eigenvalue weighted by Gasteiger charge is -2.12. The zero-order valence-electron chi connectivity index (χ0n) is 9.67. The van der Waals surface area contributed by atoms with Gasteiger partial charge in [-0.05, 0) is 35.2 Å². The third-order valence-corrected chi connectivity index (χ3v) is 2.87. The molecule has 2 aromatic rings. The lowest BCUT2D eigenvalue weighted by atomic mass is 9.99. The average Bonchev–Trinajstić information content (AvgIpc) is 2.35. The molecule has 0 amide bonds. The highest BCUT2D eigenvalue weighted by Crippen LogP contribution is 2.21. The molecule has 0 saturated heterocycles. The van der Waals surface area contributed by atoms with Crippen molar-refractivity contribution in [2.45, 2.75) is 18.9 Å². The predicted molar refractivity (Wildman–Crippen MR) is 74.4 cm³/mol. The maximum atomic E-state index is 8.78. The summed E-state index contributed by atoms with van der Waals surface area (Å²) in [7, 11) is 0. The van der Waals surface area contributed by atoms with E-state index in [0.717, 1.165) is 18.4 Å². The van der Waals surface area contributed by atoms with Crippen molar-refractivity contribution in [3.05, 3.63) is 48.0 Å². The minimum absolute atomic E-state index is 0. The van der Waals surface area contributed by atoms with Crippen molar-refractivity contribution in [3.63, 3.8) is 0 Å². The van der Waals surface area contributed by atoms with Gasteiger partial charge in [-0.25, -0.2) is 0 Å². The highest BCUT2D eigenvalue weighted by atomic mass is 35.5. The quantitative estimate of drug-likeness (QED) is 0.878. The van der Waals surface area contributed by atoms with Crippen molar-refractivity contribution in [2.24, 2.45) is 5.73 Å². The second-order valence-corrected chi connectivity index (χ2v) is 4.08. The van der Waals surface area contributed by atoms with Crippen molar-refractivity contribution < 1.29 is 5.11 Å². The molecule has 0 spiro atoms. The summed E-state index contributed by atoms with van der Waals surface area (Å²) in [5.41, 5.74) is 7.21. The molecule has 3 N–H and O–H groups in total. The van der Waals surface area contributed by atoms with Crippen molar-refractivity contribution in [3.8, 4) is 0 Å². The molecule has 2 nitrogen and oxygen atoms in total. The maximum Gasteiger partial charge on any atom is 0.0431 e. The summed E-state index contributed by atoms with van der Waals surface area (Å²) in [6.45, 7) is 0.210. The van der Waals surface area contributed by atoms with Crippen LogP contribution in [0.1, 0.15) is 24.4 Å². The predicted octanol–water partition coefficient (Wildman–Crippen LogP) is 3.03. The van der Waals surface area contributed by atoms with Crippen LogP contribution >= 0.6 is 12.4 Å². The maximum absolute atomic E-state index is 8.78. The fraction of sp³-hybridized carbons (Fsp3) is 0.286. The summed E-state index contributed by atoms with van der Waals surface area (Å²) < 4.78 is 0. The largest absolute Gasteiger partial charge is 0.396 e.